The van der Waals surface area contributed by atoms with E-state index in [1.807, 2.05) is 24.3 Å². The zero-order valence-corrected chi connectivity index (χ0v) is 32.4. The highest BCUT2D eigenvalue weighted by molar-refractivity contribution is 5.93. The van der Waals surface area contributed by atoms with Crippen LogP contribution in [0.2, 0.25) is 0 Å². The van der Waals surface area contributed by atoms with Crippen LogP contribution in [-0.2, 0) is 10.8 Å². The standard InChI is InChI=1S/C51H44F2N2/c1-31-8-16-36(17-9-31)54(38-20-12-34(52)13-21-38)40-24-25-42-43-29-47-44(30-46(43)50(4,5)45(42)27-40)49-33(3)26-41(28-48(49)51(47,6)7)55(37-18-10-32(2)11-19-37)39-22-14-35(53)15-23-39/h8-30H,1-7H3. The molecule has 7 aromatic rings. The van der Waals surface area contributed by atoms with Crippen molar-refractivity contribution in [3.63, 3.8) is 0 Å². The van der Waals surface area contributed by atoms with Crippen LogP contribution < -0.4 is 9.80 Å². The van der Waals surface area contributed by atoms with E-state index in [4.69, 9.17) is 0 Å². The summed E-state index contributed by atoms with van der Waals surface area (Å²) in [7, 11) is 0. The Hall–Kier alpha value is -6.00. The van der Waals surface area contributed by atoms with Crippen LogP contribution in [0.4, 0.5) is 42.9 Å². The molecule has 55 heavy (non-hydrogen) atoms. The van der Waals surface area contributed by atoms with Gasteiger partial charge in [0, 0.05) is 45.0 Å². The van der Waals surface area contributed by atoms with Gasteiger partial charge in [-0.25, -0.2) is 8.78 Å². The van der Waals surface area contributed by atoms with Crippen molar-refractivity contribution in [2.24, 2.45) is 0 Å². The molecule has 4 heteroatoms. The van der Waals surface area contributed by atoms with Crippen molar-refractivity contribution < 1.29 is 8.78 Å². The zero-order chi connectivity index (χ0) is 38.4. The molecule has 0 amide bonds. The number of aryl methyl sites for hydroxylation is 3. The Morgan fingerprint density at radius 3 is 1.27 bits per heavy atom. The van der Waals surface area contributed by atoms with Crippen LogP contribution in [0.15, 0.2) is 140 Å². The predicted octanol–water partition coefficient (Wildman–Crippen LogP) is 14.4. The quantitative estimate of drug-likeness (QED) is 0.169. The lowest BCUT2D eigenvalue weighted by Crippen LogP contribution is -2.18. The van der Waals surface area contributed by atoms with E-state index in [2.05, 4.69) is 149 Å². The van der Waals surface area contributed by atoms with E-state index in [0.717, 1.165) is 34.1 Å². The maximum atomic E-state index is 14.1. The molecule has 0 spiro atoms. The molecule has 2 aliphatic rings. The molecule has 0 unspecified atom stereocenters. The molecule has 0 fully saturated rings. The van der Waals surface area contributed by atoms with Crippen molar-refractivity contribution in [1.29, 1.82) is 0 Å². The summed E-state index contributed by atoms with van der Waals surface area (Å²) in [6.07, 6.45) is 0. The van der Waals surface area contributed by atoms with Gasteiger partial charge in [-0.2, -0.15) is 0 Å². The van der Waals surface area contributed by atoms with Gasteiger partial charge < -0.3 is 9.80 Å². The van der Waals surface area contributed by atoms with Crippen LogP contribution >= 0.6 is 0 Å². The van der Waals surface area contributed by atoms with Gasteiger partial charge in [0.15, 0.2) is 0 Å². The second kappa shape index (κ2) is 12.5. The molecule has 2 aliphatic carbocycles. The van der Waals surface area contributed by atoms with Gasteiger partial charge in [0.1, 0.15) is 11.6 Å². The summed E-state index contributed by atoms with van der Waals surface area (Å²) in [6.45, 7) is 15.8. The van der Waals surface area contributed by atoms with E-state index in [9.17, 15) is 8.78 Å². The highest BCUT2D eigenvalue weighted by Crippen LogP contribution is 2.58. The minimum atomic E-state index is -0.264. The second-order valence-corrected chi connectivity index (χ2v) is 16.4. The van der Waals surface area contributed by atoms with E-state index >= 15 is 0 Å². The Balaban J connectivity index is 1.16. The number of halogens is 2. The molecule has 0 aromatic heterocycles. The lowest BCUT2D eigenvalue weighted by atomic mass is 9.79. The average Bonchev–Trinajstić information content (AvgIpc) is 3.53. The summed E-state index contributed by atoms with van der Waals surface area (Å²) < 4.78 is 28.2. The van der Waals surface area contributed by atoms with Crippen molar-refractivity contribution in [2.45, 2.75) is 59.3 Å². The summed E-state index contributed by atoms with van der Waals surface area (Å²) in [5.74, 6) is -0.502. The summed E-state index contributed by atoms with van der Waals surface area (Å²) in [4.78, 5) is 4.44. The number of hydrogen-bond acceptors (Lipinski definition) is 2. The molecule has 0 saturated heterocycles. The van der Waals surface area contributed by atoms with Crippen LogP contribution in [0, 0.1) is 32.4 Å². The van der Waals surface area contributed by atoms with Gasteiger partial charge in [-0.15, -0.1) is 0 Å². The van der Waals surface area contributed by atoms with Crippen molar-refractivity contribution in [3.8, 4) is 22.3 Å². The molecule has 0 heterocycles. The first-order valence-electron chi connectivity index (χ1n) is 19.1. The summed E-state index contributed by atoms with van der Waals surface area (Å²) >= 11 is 0. The Labute approximate surface area is 323 Å². The third kappa shape index (κ3) is 5.57. The Morgan fingerprint density at radius 1 is 0.364 bits per heavy atom. The summed E-state index contributed by atoms with van der Waals surface area (Å²) in [5, 5.41) is 0. The van der Waals surface area contributed by atoms with Gasteiger partial charge in [-0.05, 0) is 180 Å². The van der Waals surface area contributed by atoms with Crippen molar-refractivity contribution in [3.05, 3.63) is 190 Å². The van der Waals surface area contributed by atoms with E-state index in [0.29, 0.717) is 0 Å². The molecule has 2 nitrogen and oxygen atoms in total. The lowest BCUT2D eigenvalue weighted by molar-refractivity contribution is 0.627. The van der Waals surface area contributed by atoms with Gasteiger partial charge in [0.25, 0.3) is 0 Å². The molecule has 272 valence electrons. The maximum Gasteiger partial charge on any atom is 0.123 e. The molecule has 9 rings (SSSR count). The second-order valence-electron chi connectivity index (χ2n) is 16.4. The fraction of sp³-hybridized carbons (Fsp3) is 0.176. The molecule has 0 N–H and O–H groups in total. The third-order valence-corrected chi connectivity index (χ3v) is 12.0. The summed E-state index contributed by atoms with van der Waals surface area (Å²) in [5.41, 5.74) is 19.4. The van der Waals surface area contributed by atoms with Crippen molar-refractivity contribution >= 4 is 34.1 Å². The topological polar surface area (TPSA) is 6.48 Å². The van der Waals surface area contributed by atoms with E-state index in [1.165, 1.54) is 85.5 Å². The monoisotopic (exact) mass is 722 g/mol. The largest absolute Gasteiger partial charge is 0.310 e. The number of benzene rings is 7. The fourth-order valence-electron chi connectivity index (χ4n) is 8.99. The van der Waals surface area contributed by atoms with Gasteiger partial charge >= 0.3 is 0 Å². The molecule has 0 bridgehead atoms. The Morgan fingerprint density at radius 2 is 0.745 bits per heavy atom. The molecular formula is C51H44F2N2. The van der Waals surface area contributed by atoms with Crippen LogP contribution in [0.25, 0.3) is 22.3 Å². The first kappa shape index (κ1) is 34.7. The minimum absolute atomic E-state index is 0.250. The van der Waals surface area contributed by atoms with Crippen LogP contribution in [-0.4, -0.2) is 0 Å². The maximum absolute atomic E-state index is 14.1. The zero-order valence-electron chi connectivity index (χ0n) is 32.4. The van der Waals surface area contributed by atoms with Gasteiger partial charge in [0.2, 0.25) is 0 Å². The molecule has 7 aromatic carbocycles. The van der Waals surface area contributed by atoms with Gasteiger partial charge in [0.05, 0.1) is 0 Å². The first-order valence-corrected chi connectivity index (χ1v) is 19.1. The predicted molar refractivity (Wildman–Crippen MR) is 225 cm³/mol. The SMILES string of the molecule is Cc1ccc(N(c2ccc(F)cc2)c2ccc3c(c2)C(C)(C)c2cc4c(cc2-3)C(C)(C)c2cc(N(c3ccc(C)cc3)c3ccc(F)cc3)cc(C)c2-4)cc1. The minimum Gasteiger partial charge on any atom is -0.310 e. The van der Waals surface area contributed by atoms with Gasteiger partial charge in [-0.3, -0.25) is 0 Å². The number of hydrogen-bond donors (Lipinski definition) is 0. The summed E-state index contributed by atoms with van der Waals surface area (Å²) in [6, 6.07) is 46.9. The number of anilines is 6. The van der Waals surface area contributed by atoms with Crippen molar-refractivity contribution in [2.75, 3.05) is 9.80 Å². The van der Waals surface area contributed by atoms with E-state index < -0.39 is 0 Å². The smallest absolute Gasteiger partial charge is 0.123 e. The normalized spacial score (nSPS) is 14.2. The van der Waals surface area contributed by atoms with E-state index in [1.54, 1.807) is 0 Å². The number of rotatable bonds is 6. The van der Waals surface area contributed by atoms with Crippen LogP contribution in [0.3, 0.4) is 0 Å². The van der Waals surface area contributed by atoms with Crippen LogP contribution in [0.1, 0.15) is 66.6 Å². The lowest BCUT2D eigenvalue weighted by Gasteiger charge is -2.29. The number of nitrogens with zero attached hydrogens (tertiary/aromatic N) is 2. The Bertz CT molecular complexity index is 2530. The van der Waals surface area contributed by atoms with Crippen molar-refractivity contribution in [1.82, 2.24) is 0 Å². The highest BCUT2D eigenvalue weighted by Gasteiger charge is 2.43. The highest BCUT2D eigenvalue weighted by atomic mass is 19.1. The van der Waals surface area contributed by atoms with Gasteiger partial charge in [-0.1, -0.05) is 69.2 Å². The molecular weight excluding hydrogens is 679 g/mol. The fourth-order valence-corrected chi connectivity index (χ4v) is 8.99. The number of fused-ring (bicyclic) bond motifs is 6. The molecule has 0 atom stereocenters. The average molecular weight is 723 g/mol. The molecule has 0 saturated carbocycles. The molecule has 0 aliphatic heterocycles. The van der Waals surface area contributed by atoms with E-state index in [-0.39, 0.29) is 22.5 Å². The first-order chi connectivity index (χ1) is 26.3. The third-order valence-electron chi connectivity index (χ3n) is 12.0. The molecule has 0 radical (unpaired) electrons. The Kier molecular flexibility index (Phi) is 7.91. The van der Waals surface area contributed by atoms with Crippen LogP contribution in [0.5, 0.6) is 0 Å².